The van der Waals surface area contributed by atoms with Crippen LogP contribution >= 0.6 is 49.6 Å². The minimum Gasteiger partial charge on any atom is -0.399 e. The van der Waals surface area contributed by atoms with Crippen LogP contribution in [0.5, 0.6) is 0 Å². The van der Waals surface area contributed by atoms with Crippen LogP contribution < -0.4 is 17.2 Å². The molecule has 0 radical (unpaired) electrons. The van der Waals surface area contributed by atoms with Crippen molar-refractivity contribution >= 4 is 77.7 Å². The fourth-order valence-electron chi connectivity index (χ4n) is 2.54. The summed E-state index contributed by atoms with van der Waals surface area (Å²) in [5.74, 6) is 0.488. The summed E-state index contributed by atoms with van der Waals surface area (Å²) in [6.45, 7) is 8.33. The van der Waals surface area contributed by atoms with Crippen molar-refractivity contribution in [3.8, 4) is 0 Å². The zero-order chi connectivity index (χ0) is 14.7. The number of nitrogens with zero attached hydrogens (tertiary/aromatic N) is 3. The lowest BCUT2D eigenvalue weighted by molar-refractivity contribution is 0.292. The predicted molar refractivity (Wildman–Crippen MR) is 114 cm³/mol. The number of benzene rings is 1. The molecule has 0 amide bonds. The highest BCUT2D eigenvalue weighted by molar-refractivity contribution is 5.99. The van der Waals surface area contributed by atoms with Crippen LogP contribution in [0.4, 0.5) is 17.2 Å². The molecule has 6 nitrogen and oxygen atoms in total. The Morgan fingerprint density at radius 3 is 2.12 bits per heavy atom. The highest BCUT2D eigenvalue weighted by Crippen LogP contribution is 2.28. The number of anilines is 3. The fourth-order valence-corrected chi connectivity index (χ4v) is 2.54. The second-order valence-corrected chi connectivity index (χ2v) is 5.00. The minimum absolute atomic E-state index is 0. The SMILES string of the molecule is CCN(CC)CCCn1nc(N)c2cc(N)cc(N)c21.Cl.Cl.Cl.Cl. The van der Waals surface area contributed by atoms with Crippen LogP contribution in [-0.2, 0) is 6.54 Å². The third-order valence-electron chi connectivity index (χ3n) is 3.66. The standard InChI is InChI=1S/C14H24N6.4ClH/c1-3-19(4-2)6-5-7-20-13-11(14(17)18-20)8-10(15)9-12(13)16;;;;/h8-9H,3-7,15-16H2,1-2H3,(H2,17,18);4*1H. The quantitative estimate of drug-likeness (QED) is 0.621. The van der Waals surface area contributed by atoms with E-state index in [1.807, 2.05) is 10.7 Å². The van der Waals surface area contributed by atoms with Gasteiger partial charge in [-0.2, -0.15) is 5.10 Å². The molecular weight excluding hydrogens is 394 g/mol. The molecule has 0 aliphatic rings. The van der Waals surface area contributed by atoms with Gasteiger partial charge in [0.25, 0.3) is 0 Å². The van der Waals surface area contributed by atoms with Crippen molar-refractivity contribution in [3.05, 3.63) is 12.1 Å². The molecule has 6 N–H and O–H groups in total. The van der Waals surface area contributed by atoms with E-state index in [2.05, 4.69) is 23.8 Å². The number of hydrogen-bond donors (Lipinski definition) is 3. The number of aryl methyl sites for hydroxylation is 1. The van der Waals surface area contributed by atoms with Crippen LogP contribution in [0.3, 0.4) is 0 Å². The number of nitrogens with two attached hydrogens (primary N) is 3. The van der Waals surface area contributed by atoms with Gasteiger partial charge in [-0.15, -0.1) is 49.6 Å². The highest BCUT2D eigenvalue weighted by atomic mass is 35.5. The molecule has 0 atom stereocenters. The molecule has 0 aliphatic heterocycles. The van der Waals surface area contributed by atoms with Crippen molar-refractivity contribution in [3.63, 3.8) is 0 Å². The normalized spacial score (nSPS) is 9.62. The zero-order valence-electron chi connectivity index (χ0n) is 13.9. The summed E-state index contributed by atoms with van der Waals surface area (Å²) in [4.78, 5) is 2.39. The Labute approximate surface area is 168 Å². The lowest BCUT2D eigenvalue weighted by atomic mass is 10.2. The molecule has 0 saturated heterocycles. The van der Waals surface area contributed by atoms with Crippen LogP contribution in [0.15, 0.2) is 12.1 Å². The highest BCUT2D eigenvalue weighted by Gasteiger charge is 2.12. The maximum absolute atomic E-state index is 6.05. The summed E-state index contributed by atoms with van der Waals surface area (Å²) in [6.07, 6.45) is 1.02. The van der Waals surface area contributed by atoms with Gasteiger partial charge in [-0.25, -0.2) is 0 Å². The molecule has 0 aliphatic carbocycles. The van der Waals surface area contributed by atoms with E-state index in [1.54, 1.807) is 6.07 Å². The molecule has 142 valence electrons. The van der Waals surface area contributed by atoms with Gasteiger partial charge in [0, 0.05) is 17.6 Å². The second kappa shape index (κ2) is 12.6. The molecule has 24 heavy (non-hydrogen) atoms. The van der Waals surface area contributed by atoms with Crippen LogP contribution in [0.1, 0.15) is 20.3 Å². The van der Waals surface area contributed by atoms with Gasteiger partial charge in [-0.05, 0) is 38.2 Å². The van der Waals surface area contributed by atoms with Crippen LogP contribution in [0, 0.1) is 0 Å². The molecule has 0 unspecified atom stereocenters. The van der Waals surface area contributed by atoms with Crippen LogP contribution in [0.25, 0.3) is 10.9 Å². The summed E-state index contributed by atoms with van der Waals surface area (Å²) in [6, 6.07) is 3.58. The topological polar surface area (TPSA) is 99.1 Å². The summed E-state index contributed by atoms with van der Waals surface area (Å²) in [7, 11) is 0. The van der Waals surface area contributed by atoms with Crippen LogP contribution in [-0.4, -0.2) is 34.3 Å². The van der Waals surface area contributed by atoms with E-state index < -0.39 is 0 Å². The Balaban J connectivity index is -0.00000110. The Morgan fingerprint density at radius 2 is 1.58 bits per heavy atom. The monoisotopic (exact) mass is 420 g/mol. The first-order valence-electron chi connectivity index (χ1n) is 7.10. The van der Waals surface area contributed by atoms with E-state index in [0.717, 1.165) is 43.5 Å². The minimum atomic E-state index is 0. The number of nitrogen functional groups attached to an aromatic ring is 3. The first-order valence-corrected chi connectivity index (χ1v) is 7.10. The summed E-state index contributed by atoms with van der Waals surface area (Å²) in [5.41, 5.74) is 19.9. The van der Waals surface area contributed by atoms with Crippen molar-refractivity contribution < 1.29 is 0 Å². The Hall–Kier alpha value is -0.790. The average molecular weight is 422 g/mol. The van der Waals surface area contributed by atoms with E-state index in [-0.39, 0.29) is 49.6 Å². The Bertz CT molecular complexity index is 600. The zero-order valence-corrected chi connectivity index (χ0v) is 17.2. The van der Waals surface area contributed by atoms with E-state index in [4.69, 9.17) is 17.2 Å². The number of aromatic nitrogens is 2. The van der Waals surface area contributed by atoms with Gasteiger partial charge in [0.2, 0.25) is 0 Å². The third kappa shape index (κ3) is 6.26. The molecule has 0 saturated carbocycles. The van der Waals surface area contributed by atoms with E-state index in [1.165, 1.54) is 0 Å². The van der Waals surface area contributed by atoms with Crippen LogP contribution in [0.2, 0.25) is 0 Å². The molecule has 0 fully saturated rings. The van der Waals surface area contributed by atoms with Gasteiger partial charge in [-0.1, -0.05) is 13.8 Å². The molecule has 2 rings (SSSR count). The number of halogens is 4. The van der Waals surface area contributed by atoms with Gasteiger partial charge in [0.05, 0.1) is 11.2 Å². The summed E-state index contributed by atoms with van der Waals surface area (Å²) >= 11 is 0. The number of fused-ring (bicyclic) bond motifs is 1. The number of hydrogen-bond acceptors (Lipinski definition) is 5. The largest absolute Gasteiger partial charge is 0.399 e. The second-order valence-electron chi connectivity index (χ2n) is 5.00. The molecule has 1 aromatic carbocycles. The molecular formula is C14H28Cl4N6. The van der Waals surface area contributed by atoms with Gasteiger partial charge in [0.1, 0.15) is 0 Å². The average Bonchev–Trinajstić information content (AvgIpc) is 2.72. The summed E-state index contributed by atoms with van der Waals surface area (Å²) in [5, 5.41) is 5.22. The maximum Gasteiger partial charge on any atom is 0.153 e. The van der Waals surface area contributed by atoms with Gasteiger partial charge in [0.15, 0.2) is 5.82 Å². The molecule has 2 aromatic rings. The fraction of sp³-hybridized carbons (Fsp3) is 0.500. The predicted octanol–water partition coefficient (Wildman–Crippen LogP) is 3.20. The molecule has 10 heteroatoms. The summed E-state index contributed by atoms with van der Waals surface area (Å²) < 4.78 is 1.89. The van der Waals surface area contributed by atoms with Crippen molar-refractivity contribution in [2.45, 2.75) is 26.8 Å². The van der Waals surface area contributed by atoms with E-state index in [9.17, 15) is 0 Å². The maximum atomic E-state index is 6.05. The molecule has 1 heterocycles. The molecule has 0 spiro atoms. The smallest absolute Gasteiger partial charge is 0.153 e. The third-order valence-corrected chi connectivity index (χ3v) is 3.66. The van der Waals surface area contributed by atoms with Crippen molar-refractivity contribution in [1.82, 2.24) is 14.7 Å². The van der Waals surface area contributed by atoms with Crippen molar-refractivity contribution in [2.24, 2.45) is 0 Å². The molecule has 1 aromatic heterocycles. The van der Waals surface area contributed by atoms with Crippen molar-refractivity contribution in [1.29, 1.82) is 0 Å². The molecule has 0 bridgehead atoms. The lowest BCUT2D eigenvalue weighted by Crippen LogP contribution is -2.25. The lowest BCUT2D eigenvalue weighted by Gasteiger charge is -2.17. The number of rotatable bonds is 6. The van der Waals surface area contributed by atoms with Gasteiger partial charge >= 0.3 is 0 Å². The first-order chi connectivity index (χ1) is 9.56. The van der Waals surface area contributed by atoms with E-state index >= 15 is 0 Å². The Morgan fingerprint density at radius 1 is 1.00 bits per heavy atom. The van der Waals surface area contributed by atoms with Gasteiger partial charge < -0.3 is 22.1 Å². The van der Waals surface area contributed by atoms with E-state index in [0.29, 0.717) is 17.2 Å². The van der Waals surface area contributed by atoms with Gasteiger partial charge in [-0.3, -0.25) is 4.68 Å². The first kappa shape index (κ1) is 28.0. The van der Waals surface area contributed by atoms with Crippen molar-refractivity contribution in [2.75, 3.05) is 36.8 Å². The Kier molecular flexibility index (Phi) is 14.7.